The second-order valence-corrected chi connectivity index (χ2v) is 5.42. The van der Waals surface area contributed by atoms with E-state index in [0.29, 0.717) is 16.5 Å². The van der Waals surface area contributed by atoms with Gasteiger partial charge in [0.05, 0.1) is 6.04 Å². The van der Waals surface area contributed by atoms with E-state index in [9.17, 15) is 4.39 Å². The molecule has 0 aliphatic heterocycles. The lowest BCUT2D eigenvalue weighted by Crippen LogP contribution is -2.23. The van der Waals surface area contributed by atoms with Gasteiger partial charge in [0, 0.05) is 29.2 Å². The van der Waals surface area contributed by atoms with Crippen molar-refractivity contribution in [2.75, 3.05) is 11.9 Å². The van der Waals surface area contributed by atoms with Gasteiger partial charge in [-0.25, -0.2) is 4.39 Å². The highest BCUT2D eigenvalue weighted by molar-refractivity contribution is 6.30. The highest BCUT2D eigenvalue weighted by atomic mass is 35.5. The second-order valence-electron chi connectivity index (χ2n) is 4.72. The third-order valence-corrected chi connectivity index (χ3v) is 4.02. The molecule has 0 heterocycles. The Balaban J connectivity index is 2.36. The van der Waals surface area contributed by atoms with Gasteiger partial charge < -0.3 is 4.90 Å². The zero-order chi connectivity index (χ0) is 14.7. The maximum absolute atomic E-state index is 13.9. The SMILES string of the molecule is CC(c1ccccc1F)N(C)c1ccc(Cl)cc1CCl. The molecule has 2 rings (SSSR count). The van der Waals surface area contributed by atoms with Crippen molar-refractivity contribution in [1.82, 2.24) is 0 Å². The molecule has 20 heavy (non-hydrogen) atoms. The summed E-state index contributed by atoms with van der Waals surface area (Å²) in [5, 5.41) is 0.649. The van der Waals surface area contributed by atoms with Gasteiger partial charge in [-0.15, -0.1) is 11.6 Å². The Morgan fingerprint density at radius 3 is 2.55 bits per heavy atom. The Kier molecular flexibility index (Phi) is 4.90. The molecule has 0 aliphatic carbocycles. The maximum Gasteiger partial charge on any atom is 0.128 e. The van der Waals surface area contributed by atoms with E-state index in [1.54, 1.807) is 12.1 Å². The molecule has 0 saturated heterocycles. The average molecular weight is 312 g/mol. The summed E-state index contributed by atoms with van der Waals surface area (Å²) in [7, 11) is 1.93. The van der Waals surface area contributed by atoms with Gasteiger partial charge in [-0.2, -0.15) is 0 Å². The van der Waals surface area contributed by atoms with Gasteiger partial charge in [0.25, 0.3) is 0 Å². The van der Waals surface area contributed by atoms with Gasteiger partial charge in [-0.3, -0.25) is 0 Å². The topological polar surface area (TPSA) is 3.24 Å². The summed E-state index contributed by atoms with van der Waals surface area (Å²) < 4.78 is 13.9. The highest BCUT2D eigenvalue weighted by Gasteiger charge is 2.17. The minimum absolute atomic E-state index is 0.0978. The first-order chi connectivity index (χ1) is 9.54. The van der Waals surface area contributed by atoms with Crippen LogP contribution in [0.4, 0.5) is 10.1 Å². The van der Waals surface area contributed by atoms with E-state index < -0.39 is 0 Å². The predicted molar refractivity (Wildman–Crippen MR) is 84.2 cm³/mol. The van der Waals surface area contributed by atoms with Crippen LogP contribution in [0.2, 0.25) is 5.02 Å². The molecule has 1 atom stereocenters. The van der Waals surface area contributed by atoms with Crippen molar-refractivity contribution in [3.63, 3.8) is 0 Å². The summed E-state index contributed by atoms with van der Waals surface area (Å²) in [5.41, 5.74) is 2.55. The minimum atomic E-state index is -0.201. The first-order valence-corrected chi connectivity index (χ1v) is 7.27. The molecule has 1 nitrogen and oxygen atoms in total. The third-order valence-electron chi connectivity index (χ3n) is 3.50. The van der Waals surface area contributed by atoms with Crippen molar-refractivity contribution in [3.8, 4) is 0 Å². The van der Waals surface area contributed by atoms with E-state index in [1.165, 1.54) is 6.07 Å². The van der Waals surface area contributed by atoms with E-state index >= 15 is 0 Å². The van der Waals surface area contributed by atoms with E-state index in [4.69, 9.17) is 23.2 Å². The Bertz CT molecular complexity index is 601. The van der Waals surface area contributed by atoms with E-state index in [2.05, 4.69) is 0 Å². The van der Waals surface area contributed by atoms with Crippen LogP contribution in [0, 0.1) is 5.82 Å². The van der Waals surface area contributed by atoms with Crippen LogP contribution in [-0.4, -0.2) is 7.05 Å². The fraction of sp³-hybridized carbons (Fsp3) is 0.250. The van der Waals surface area contributed by atoms with Crippen LogP contribution in [0.3, 0.4) is 0 Å². The van der Waals surface area contributed by atoms with Gasteiger partial charge >= 0.3 is 0 Å². The van der Waals surface area contributed by atoms with Crippen LogP contribution < -0.4 is 4.90 Å². The summed E-state index contributed by atoms with van der Waals surface area (Å²) in [6.07, 6.45) is 0. The standard InChI is InChI=1S/C16H16Cl2FN/c1-11(14-5-3-4-6-15(14)19)20(2)16-8-7-13(18)9-12(16)10-17/h3-9,11H,10H2,1-2H3. The molecule has 2 aromatic carbocycles. The quantitative estimate of drug-likeness (QED) is 0.682. The molecule has 106 valence electrons. The van der Waals surface area contributed by atoms with Crippen LogP contribution >= 0.6 is 23.2 Å². The molecule has 0 bridgehead atoms. The highest BCUT2D eigenvalue weighted by Crippen LogP contribution is 2.31. The Morgan fingerprint density at radius 1 is 1.20 bits per heavy atom. The van der Waals surface area contributed by atoms with Crippen molar-refractivity contribution in [1.29, 1.82) is 0 Å². The molecular weight excluding hydrogens is 296 g/mol. The van der Waals surface area contributed by atoms with Crippen LogP contribution in [0.15, 0.2) is 42.5 Å². The number of nitrogens with zero attached hydrogens (tertiary/aromatic N) is 1. The summed E-state index contributed by atoms with van der Waals surface area (Å²) in [5.74, 6) is 0.165. The van der Waals surface area contributed by atoms with Gasteiger partial charge in [-0.05, 0) is 36.8 Å². The largest absolute Gasteiger partial charge is 0.367 e. The summed E-state index contributed by atoms with van der Waals surface area (Å²) >= 11 is 12.0. The molecule has 0 aromatic heterocycles. The molecule has 0 fully saturated rings. The average Bonchev–Trinajstić information content (AvgIpc) is 2.46. The lowest BCUT2D eigenvalue weighted by Gasteiger charge is -2.29. The number of alkyl halides is 1. The Hall–Kier alpha value is -1.25. The van der Waals surface area contributed by atoms with Crippen LogP contribution in [0.1, 0.15) is 24.1 Å². The van der Waals surface area contributed by atoms with Crippen LogP contribution in [0.25, 0.3) is 0 Å². The van der Waals surface area contributed by atoms with Crippen molar-refractivity contribution in [3.05, 3.63) is 64.4 Å². The van der Waals surface area contributed by atoms with Crippen LogP contribution in [0.5, 0.6) is 0 Å². The zero-order valence-corrected chi connectivity index (χ0v) is 12.9. The fourth-order valence-corrected chi connectivity index (χ4v) is 2.65. The van der Waals surface area contributed by atoms with Crippen LogP contribution in [-0.2, 0) is 5.88 Å². The molecule has 4 heteroatoms. The molecule has 0 N–H and O–H groups in total. The monoisotopic (exact) mass is 311 g/mol. The number of hydrogen-bond acceptors (Lipinski definition) is 1. The van der Waals surface area contributed by atoms with Gasteiger partial charge in [0.1, 0.15) is 5.82 Å². The van der Waals surface area contributed by atoms with E-state index in [1.807, 2.05) is 43.1 Å². The molecule has 0 aliphatic rings. The fourth-order valence-electron chi connectivity index (χ4n) is 2.24. The molecule has 0 spiro atoms. The number of anilines is 1. The maximum atomic E-state index is 13.9. The minimum Gasteiger partial charge on any atom is -0.367 e. The second kappa shape index (κ2) is 6.47. The Morgan fingerprint density at radius 2 is 1.90 bits per heavy atom. The van der Waals surface area contributed by atoms with Gasteiger partial charge in [0.2, 0.25) is 0 Å². The summed E-state index contributed by atoms with van der Waals surface area (Å²) in [6, 6.07) is 12.3. The van der Waals surface area contributed by atoms with E-state index in [0.717, 1.165) is 11.3 Å². The summed E-state index contributed by atoms with van der Waals surface area (Å²) in [4.78, 5) is 2.01. The van der Waals surface area contributed by atoms with Crippen molar-refractivity contribution < 1.29 is 4.39 Å². The van der Waals surface area contributed by atoms with Crippen molar-refractivity contribution in [2.24, 2.45) is 0 Å². The van der Waals surface area contributed by atoms with Gasteiger partial charge in [-0.1, -0.05) is 29.8 Å². The smallest absolute Gasteiger partial charge is 0.128 e. The molecule has 0 amide bonds. The lowest BCUT2D eigenvalue weighted by molar-refractivity contribution is 0.585. The third kappa shape index (κ3) is 3.08. The molecule has 2 aromatic rings. The first kappa shape index (κ1) is 15.1. The normalized spacial score (nSPS) is 12.2. The molecule has 0 radical (unpaired) electrons. The Labute approximate surface area is 128 Å². The van der Waals surface area contributed by atoms with Crippen molar-refractivity contribution in [2.45, 2.75) is 18.8 Å². The lowest BCUT2D eigenvalue weighted by atomic mass is 10.0. The number of halogens is 3. The summed E-state index contributed by atoms with van der Waals surface area (Å²) in [6.45, 7) is 1.96. The molecule has 0 saturated carbocycles. The van der Waals surface area contributed by atoms with Gasteiger partial charge in [0.15, 0.2) is 0 Å². The number of hydrogen-bond donors (Lipinski definition) is 0. The van der Waals surface area contributed by atoms with Crippen molar-refractivity contribution >= 4 is 28.9 Å². The number of rotatable bonds is 4. The molecular formula is C16H16Cl2FN. The predicted octanol–water partition coefficient (Wildman–Crippen LogP) is 5.42. The zero-order valence-electron chi connectivity index (χ0n) is 11.4. The molecule has 1 unspecified atom stereocenters. The van der Waals surface area contributed by atoms with E-state index in [-0.39, 0.29) is 11.9 Å². The number of benzene rings is 2. The first-order valence-electron chi connectivity index (χ1n) is 6.36.